The second kappa shape index (κ2) is 9.20. The lowest BCUT2D eigenvalue weighted by atomic mass is 10.1. The van der Waals surface area contributed by atoms with Crippen molar-refractivity contribution in [1.82, 2.24) is 19.3 Å². The second-order valence-electron chi connectivity index (χ2n) is 6.63. The molecule has 25 heavy (non-hydrogen) atoms. The van der Waals surface area contributed by atoms with E-state index in [0.717, 1.165) is 35.1 Å². The fourth-order valence-electron chi connectivity index (χ4n) is 2.72. The number of methoxy groups -OCH3 is 1. The van der Waals surface area contributed by atoms with Crippen LogP contribution in [0.5, 0.6) is 0 Å². The first-order valence-corrected chi connectivity index (χ1v) is 9.62. The topological polar surface area (TPSA) is 61.9 Å². The van der Waals surface area contributed by atoms with Crippen molar-refractivity contribution in [2.45, 2.75) is 52.4 Å². The van der Waals surface area contributed by atoms with Gasteiger partial charge in [0.25, 0.3) is 0 Å². The van der Waals surface area contributed by atoms with Gasteiger partial charge in [0.2, 0.25) is 0 Å². The number of ketones is 1. The molecule has 0 bridgehead atoms. The third-order valence-corrected chi connectivity index (χ3v) is 5.23. The molecule has 2 heterocycles. The Morgan fingerprint density at radius 3 is 2.76 bits per heavy atom. The van der Waals surface area contributed by atoms with Gasteiger partial charge in [-0.25, -0.2) is 0 Å². The summed E-state index contributed by atoms with van der Waals surface area (Å²) in [4.78, 5) is 12.7. The predicted octanol–water partition coefficient (Wildman–Crippen LogP) is 3.36. The molecule has 0 unspecified atom stereocenters. The van der Waals surface area contributed by atoms with Crippen molar-refractivity contribution >= 4 is 17.5 Å². The molecule has 2 aromatic rings. The molecule has 0 aliphatic rings. The average Bonchev–Trinajstić information content (AvgIpc) is 3.13. The minimum Gasteiger partial charge on any atom is -0.383 e. The molecule has 0 spiro atoms. The Bertz CT molecular complexity index is 706. The van der Waals surface area contributed by atoms with Gasteiger partial charge in [-0.15, -0.1) is 10.2 Å². The molecule has 0 radical (unpaired) electrons. The van der Waals surface area contributed by atoms with E-state index >= 15 is 0 Å². The van der Waals surface area contributed by atoms with Crippen LogP contribution in [0.3, 0.4) is 0 Å². The quantitative estimate of drug-likeness (QED) is 0.478. The molecular weight excluding hydrogens is 336 g/mol. The van der Waals surface area contributed by atoms with E-state index in [1.807, 2.05) is 17.6 Å². The van der Waals surface area contributed by atoms with Crippen LogP contribution in [-0.2, 0) is 17.8 Å². The number of aromatic nitrogens is 4. The average molecular weight is 365 g/mol. The number of carbonyl (C=O) groups excluding carboxylic acids is 1. The summed E-state index contributed by atoms with van der Waals surface area (Å²) < 4.78 is 9.24. The zero-order chi connectivity index (χ0) is 18.4. The summed E-state index contributed by atoms with van der Waals surface area (Å²) in [5.41, 5.74) is 3.02. The highest BCUT2D eigenvalue weighted by atomic mass is 32.2. The molecule has 0 N–H and O–H groups in total. The molecule has 7 heteroatoms. The van der Waals surface area contributed by atoms with Crippen LogP contribution in [0, 0.1) is 19.8 Å². The van der Waals surface area contributed by atoms with Crippen molar-refractivity contribution in [3.8, 4) is 0 Å². The van der Waals surface area contributed by atoms with Crippen LogP contribution in [0.15, 0.2) is 17.6 Å². The number of nitrogens with zero attached hydrogens (tertiary/aromatic N) is 4. The van der Waals surface area contributed by atoms with Gasteiger partial charge in [0.1, 0.15) is 6.33 Å². The van der Waals surface area contributed by atoms with Crippen LogP contribution in [-0.4, -0.2) is 44.6 Å². The Morgan fingerprint density at radius 2 is 2.08 bits per heavy atom. The van der Waals surface area contributed by atoms with Crippen LogP contribution in [0.25, 0.3) is 0 Å². The first kappa shape index (κ1) is 19.7. The number of aryl methyl sites for hydroxylation is 1. The maximum Gasteiger partial charge on any atom is 0.191 e. The Kier molecular flexibility index (Phi) is 7.25. The number of hydrogen-bond acceptors (Lipinski definition) is 5. The number of ether oxygens (including phenoxy) is 1. The summed E-state index contributed by atoms with van der Waals surface area (Å²) in [5.74, 6) is 1.14. The van der Waals surface area contributed by atoms with Gasteiger partial charge in [-0.05, 0) is 32.3 Å². The van der Waals surface area contributed by atoms with Gasteiger partial charge in [-0.1, -0.05) is 25.6 Å². The molecule has 0 aromatic carbocycles. The van der Waals surface area contributed by atoms with E-state index in [2.05, 4.69) is 35.5 Å². The summed E-state index contributed by atoms with van der Waals surface area (Å²) in [6.07, 6.45) is 2.78. The lowest BCUT2D eigenvalue weighted by molar-refractivity contribution is 0.102. The third-order valence-electron chi connectivity index (χ3n) is 4.25. The fraction of sp³-hybridized carbons (Fsp3) is 0.611. The number of Topliss-reactive ketones (excluding diaryl/α,β-unsaturated/α-hetero) is 1. The van der Waals surface area contributed by atoms with E-state index in [1.54, 1.807) is 13.4 Å². The van der Waals surface area contributed by atoms with Crippen LogP contribution in [0.1, 0.15) is 42.0 Å². The van der Waals surface area contributed by atoms with Crippen molar-refractivity contribution in [1.29, 1.82) is 0 Å². The van der Waals surface area contributed by atoms with E-state index in [0.29, 0.717) is 24.8 Å². The molecule has 0 fully saturated rings. The third kappa shape index (κ3) is 5.19. The summed E-state index contributed by atoms with van der Waals surface area (Å²) in [6, 6.07) is 2.01. The second-order valence-corrected chi connectivity index (χ2v) is 7.57. The minimum atomic E-state index is 0.134. The first-order valence-electron chi connectivity index (χ1n) is 8.63. The van der Waals surface area contributed by atoms with E-state index in [9.17, 15) is 4.79 Å². The van der Waals surface area contributed by atoms with Gasteiger partial charge in [-0.2, -0.15) is 0 Å². The lowest BCUT2D eigenvalue weighted by Crippen LogP contribution is -2.09. The SMILES string of the molecule is COCCn1cnnc1SCC(=O)c1cc(C)n(CCC(C)C)c1C. The summed E-state index contributed by atoms with van der Waals surface area (Å²) >= 11 is 1.42. The molecule has 138 valence electrons. The van der Waals surface area contributed by atoms with Crippen LogP contribution in [0.4, 0.5) is 0 Å². The molecule has 2 aromatic heterocycles. The number of thioether (sulfide) groups is 1. The highest BCUT2D eigenvalue weighted by molar-refractivity contribution is 7.99. The number of hydrogen-bond donors (Lipinski definition) is 0. The first-order chi connectivity index (χ1) is 11.9. The van der Waals surface area contributed by atoms with Crippen LogP contribution >= 0.6 is 11.8 Å². The summed E-state index contributed by atoms with van der Waals surface area (Å²) in [5, 5.41) is 8.76. The zero-order valence-electron chi connectivity index (χ0n) is 15.8. The number of carbonyl (C=O) groups is 1. The van der Waals surface area contributed by atoms with Gasteiger partial charge in [0.05, 0.1) is 12.4 Å². The molecule has 0 aliphatic carbocycles. The molecule has 6 nitrogen and oxygen atoms in total. The lowest BCUT2D eigenvalue weighted by Gasteiger charge is -2.11. The Morgan fingerprint density at radius 1 is 1.32 bits per heavy atom. The molecule has 0 atom stereocenters. The van der Waals surface area contributed by atoms with E-state index in [1.165, 1.54) is 11.8 Å². The maximum atomic E-state index is 12.7. The Hall–Kier alpha value is -1.60. The van der Waals surface area contributed by atoms with Crippen molar-refractivity contribution in [3.63, 3.8) is 0 Å². The largest absolute Gasteiger partial charge is 0.383 e. The van der Waals surface area contributed by atoms with E-state index < -0.39 is 0 Å². The van der Waals surface area contributed by atoms with Gasteiger partial charge in [0.15, 0.2) is 10.9 Å². The predicted molar refractivity (Wildman–Crippen MR) is 100 cm³/mol. The molecule has 2 rings (SSSR count). The van der Waals surface area contributed by atoms with E-state index in [-0.39, 0.29) is 5.78 Å². The number of rotatable bonds is 10. The molecule has 0 saturated carbocycles. The molecular formula is C18H28N4O2S. The van der Waals surface area contributed by atoms with Crippen molar-refractivity contribution in [2.75, 3.05) is 19.5 Å². The Labute approximate surface area is 154 Å². The molecule has 0 aliphatic heterocycles. The summed E-state index contributed by atoms with van der Waals surface area (Å²) in [7, 11) is 1.66. The standard InChI is InChI=1S/C18H28N4O2S/c1-13(2)6-7-22-14(3)10-16(15(22)4)17(23)11-25-18-20-19-12-21(18)8-9-24-5/h10,12-13H,6-9,11H2,1-5H3. The van der Waals surface area contributed by atoms with Crippen molar-refractivity contribution in [3.05, 3.63) is 29.3 Å². The maximum absolute atomic E-state index is 12.7. The highest BCUT2D eigenvalue weighted by Crippen LogP contribution is 2.21. The van der Waals surface area contributed by atoms with Gasteiger partial charge in [0, 0.05) is 37.2 Å². The van der Waals surface area contributed by atoms with Gasteiger partial charge >= 0.3 is 0 Å². The Balaban J connectivity index is 2.02. The summed E-state index contributed by atoms with van der Waals surface area (Å²) in [6.45, 7) is 10.8. The zero-order valence-corrected chi connectivity index (χ0v) is 16.6. The van der Waals surface area contributed by atoms with E-state index in [4.69, 9.17) is 4.74 Å². The van der Waals surface area contributed by atoms with Crippen LogP contribution in [0.2, 0.25) is 0 Å². The smallest absolute Gasteiger partial charge is 0.191 e. The molecule has 0 saturated heterocycles. The van der Waals surface area contributed by atoms with Gasteiger partial charge in [-0.3, -0.25) is 4.79 Å². The van der Waals surface area contributed by atoms with Gasteiger partial charge < -0.3 is 13.9 Å². The van der Waals surface area contributed by atoms with Crippen LogP contribution < -0.4 is 0 Å². The molecule has 0 amide bonds. The van der Waals surface area contributed by atoms with Crippen molar-refractivity contribution < 1.29 is 9.53 Å². The minimum absolute atomic E-state index is 0.134. The van der Waals surface area contributed by atoms with Crippen molar-refractivity contribution in [2.24, 2.45) is 5.92 Å². The fourth-order valence-corrected chi connectivity index (χ4v) is 3.55. The highest BCUT2D eigenvalue weighted by Gasteiger charge is 2.17. The normalized spacial score (nSPS) is 11.4. The monoisotopic (exact) mass is 364 g/mol.